The third-order valence-electron chi connectivity index (χ3n) is 3.64. The van der Waals surface area contributed by atoms with Gasteiger partial charge in [-0.3, -0.25) is 9.78 Å². The number of anilines is 1. The van der Waals surface area contributed by atoms with Crippen molar-refractivity contribution in [2.24, 2.45) is 10.2 Å². The van der Waals surface area contributed by atoms with Gasteiger partial charge in [0.2, 0.25) is 0 Å². The lowest BCUT2D eigenvalue weighted by Crippen LogP contribution is -2.10. The summed E-state index contributed by atoms with van der Waals surface area (Å²) in [7, 11) is 1.55. The van der Waals surface area contributed by atoms with E-state index in [-0.39, 0.29) is 0 Å². The lowest BCUT2D eigenvalue weighted by Gasteiger charge is -2.07. The number of amides is 1. The van der Waals surface area contributed by atoms with Crippen LogP contribution in [0.5, 0.6) is 5.75 Å². The van der Waals surface area contributed by atoms with Crippen molar-refractivity contribution in [3.05, 3.63) is 84.2 Å². The molecular formula is C20H16N4O4. The number of carbonyl (C=O) groups excluding carboxylic acids is 2. The Hall–Kier alpha value is -4.07. The van der Waals surface area contributed by atoms with Gasteiger partial charge in [0, 0.05) is 18.0 Å². The molecule has 8 nitrogen and oxygen atoms in total. The Bertz CT molecular complexity index is 971. The third kappa shape index (κ3) is 4.98. The topological polar surface area (TPSA) is 102 Å². The van der Waals surface area contributed by atoms with Gasteiger partial charge in [-0.05, 0) is 60.7 Å². The van der Waals surface area contributed by atoms with Crippen LogP contribution in [-0.2, 0) is 4.84 Å². The van der Waals surface area contributed by atoms with Crippen LogP contribution < -0.4 is 10.2 Å². The SMILES string of the molecule is COc1ccc(C(=O)ONc2ccc(N=NC(=O)c3ccncc3)cc2)cc1. The molecule has 3 aromatic rings. The fraction of sp³-hybridized carbons (Fsp3) is 0.0500. The Labute approximate surface area is 160 Å². The molecule has 1 aromatic heterocycles. The number of methoxy groups -OCH3 is 1. The van der Waals surface area contributed by atoms with E-state index in [9.17, 15) is 9.59 Å². The zero-order valence-electron chi connectivity index (χ0n) is 14.9. The van der Waals surface area contributed by atoms with E-state index in [1.165, 1.54) is 12.4 Å². The van der Waals surface area contributed by atoms with Crippen LogP contribution >= 0.6 is 0 Å². The minimum atomic E-state index is -0.533. The van der Waals surface area contributed by atoms with E-state index in [0.29, 0.717) is 28.3 Å². The molecule has 0 radical (unpaired) electrons. The van der Waals surface area contributed by atoms with Crippen LogP contribution in [0.2, 0.25) is 0 Å². The molecule has 0 saturated heterocycles. The molecule has 1 amide bonds. The highest BCUT2D eigenvalue weighted by molar-refractivity contribution is 5.94. The van der Waals surface area contributed by atoms with Gasteiger partial charge in [-0.1, -0.05) is 0 Å². The molecule has 0 aliphatic rings. The second kappa shape index (κ2) is 9.04. The summed E-state index contributed by atoms with van der Waals surface area (Å²) >= 11 is 0. The van der Waals surface area contributed by atoms with Crippen LogP contribution in [0.25, 0.3) is 0 Å². The molecule has 140 valence electrons. The Balaban J connectivity index is 1.54. The van der Waals surface area contributed by atoms with Crippen molar-refractivity contribution in [3.8, 4) is 5.75 Å². The molecule has 0 unspecified atom stereocenters. The molecular weight excluding hydrogens is 360 g/mol. The van der Waals surface area contributed by atoms with Gasteiger partial charge in [0.05, 0.1) is 24.0 Å². The van der Waals surface area contributed by atoms with Crippen LogP contribution in [-0.4, -0.2) is 24.0 Å². The minimum Gasteiger partial charge on any atom is -0.497 e. The van der Waals surface area contributed by atoms with E-state index in [1.807, 2.05) is 0 Å². The van der Waals surface area contributed by atoms with Gasteiger partial charge in [-0.2, -0.15) is 0 Å². The largest absolute Gasteiger partial charge is 0.497 e. The average molecular weight is 376 g/mol. The molecule has 1 N–H and O–H groups in total. The summed E-state index contributed by atoms with van der Waals surface area (Å²) in [6.07, 6.45) is 3.02. The first-order valence-corrected chi connectivity index (χ1v) is 8.23. The normalized spacial score (nSPS) is 10.5. The van der Waals surface area contributed by atoms with Crippen molar-refractivity contribution in [3.63, 3.8) is 0 Å². The first-order valence-electron chi connectivity index (χ1n) is 8.23. The molecule has 2 aromatic carbocycles. The summed E-state index contributed by atoms with van der Waals surface area (Å²) < 4.78 is 5.04. The van der Waals surface area contributed by atoms with E-state index < -0.39 is 11.9 Å². The summed E-state index contributed by atoms with van der Waals surface area (Å²) in [5, 5.41) is 7.56. The first kappa shape index (κ1) is 18.7. The van der Waals surface area contributed by atoms with Gasteiger partial charge in [0.1, 0.15) is 5.75 Å². The first-order chi connectivity index (χ1) is 13.7. The van der Waals surface area contributed by atoms with E-state index in [1.54, 1.807) is 67.8 Å². The molecule has 0 fully saturated rings. The molecule has 8 heteroatoms. The number of hydrogen-bond acceptors (Lipinski definition) is 7. The molecule has 0 saturated carbocycles. The fourth-order valence-electron chi connectivity index (χ4n) is 2.14. The van der Waals surface area contributed by atoms with Crippen molar-refractivity contribution in [2.75, 3.05) is 12.6 Å². The number of aromatic nitrogens is 1. The quantitative estimate of drug-likeness (QED) is 0.511. The molecule has 0 atom stereocenters. The molecule has 1 heterocycles. The van der Waals surface area contributed by atoms with Crippen LogP contribution in [0.4, 0.5) is 11.4 Å². The van der Waals surface area contributed by atoms with E-state index in [2.05, 4.69) is 20.7 Å². The average Bonchev–Trinajstić information content (AvgIpc) is 2.77. The number of ether oxygens (including phenoxy) is 1. The number of carbonyl (C=O) groups is 2. The maximum atomic E-state index is 12.0. The zero-order valence-corrected chi connectivity index (χ0v) is 14.9. The summed E-state index contributed by atoms with van der Waals surface area (Å²) in [6.45, 7) is 0. The molecule has 0 aliphatic carbocycles. The standard InChI is InChI=1S/C20H16N4O4/c1-27-18-8-2-15(3-9-18)20(26)28-24-17-6-4-16(5-7-17)22-23-19(25)14-10-12-21-13-11-14/h2-13,24H,1H3. The highest BCUT2D eigenvalue weighted by Gasteiger charge is 2.08. The Kier molecular flexibility index (Phi) is 6.04. The van der Waals surface area contributed by atoms with Gasteiger partial charge in [0.15, 0.2) is 0 Å². The third-order valence-corrected chi connectivity index (χ3v) is 3.64. The summed E-state index contributed by atoms with van der Waals surface area (Å²) in [5.41, 5.74) is 4.37. The molecule has 0 aliphatic heterocycles. The second-order valence-corrected chi connectivity index (χ2v) is 5.51. The van der Waals surface area contributed by atoms with Gasteiger partial charge in [-0.15, -0.1) is 10.2 Å². The number of azo groups is 1. The summed E-state index contributed by atoms with van der Waals surface area (Å²) in [4.78, 5) is 32.7. The minimum absolute atomic E-state index is 0.383. The van der Waals surface area contributed by atoms with Gasteiger partial charge in [-0.25, -0.2) is 10.3 Å². The van der Waals surface area contributed by atoms with Crippen molar-refractivity contribution in [1.82, 2.24) is 4.98 Å². The highest BCUT2D eigenvalue weighted by Crippen LogP contribution is 2.18. The molecule has 28 heavy (non-hydrogen) atoms. The fourth-order valence-corrected chi connectivity index (χ4v) is 2.14. The smallest absolute Gasteiger partial charge is 0.362 e. The monoisotopic (exact) mass is 376 g/mol. The van der Waals surface area contributed by atoms with Crippen molar-refractivity contribution >= 4 is 23.3 Å². The molecule has 0 bridgehead atoms. The van der Waals surface area contributed by atoms with Crippen molar-refractivity contribution in [2.45, 2.75) is 0 Å². The number of nitrogens with zero attached hydrogens (tertiary/aromatic N) is 3. The van der Waals surface area contributed by atoms with Crippen LogP contribution in [0, 0.1) is 0 Å². The second-order valence-electron chi connectivity index (χ2n) is 5.51. The maximum absolute atomic E-state index is 12.0. The number of rotatable bonds is 6. The van der Waals surface area contributed by atoms with Crippen molar-refractivity contribution < 1.29 is 19.2 Å². The molecule has 0 spiro atoms. The lowest BCUT2D eigenvalue weighted by molar-refractivity contribution is 0.0596. The summed E-state index contributed by atoms with van der Waals surface area (Å²) in [6, 6.07) is 16.2. The number of pyridine rings is 1. The predicted molar refractivity (Wildman–Crippen MR) is 102 cm³/mol. The van der Waals surface area contributed by atoms with E-state index in [0.717, 1.165) is 0 Å². The highest BCUT2D eigenvalue weighted by atomic mass is 16.7. The number of hydrogen-bond donors (Lipinski definition) is 1. The summed E-state index contributed by atoms with van der Waals surface area (Å²) in [5.74, 6) is -0.343. The van der Waals surface area contributed by atoms with Crippen molar-refractivity contribution in [1.29, 1.82) is 0 Å². The Morgan fingerprint density at radius 2 is 1.57 bits per heavy atom. The van der Waals surface area contributed by atoms with Gasteiger partial charge >= 0.3 is 5.97 Å². The number of nitrogens with one attached hydrogen (secondary N) is 1. The van der Waals surface area contributed by atoms with Crippen LogP contribution in [0.1, 0.15) is 20.7 Å². The maximum Gasteiger partial charge on any atom is 0.362 e. The number of benzene rings is 2. The van der Waals surface area contributed by atoms with Crippen LogP contribution in [0.15, 0.2) is 83.3 Å². The predicted octanol–water partition coefficient (Wildman–Crippen LogP) is 4.20. The lowest BCUT2D eigenvalue weighted by atomic mass is 10.2. The Morgan fingerprint density at radius 1 is 0.893 bits per heavy atom. The van der Waals surface area contributed by atoms with E-state index >= 15 is 0 Å². The van der Waals surface area contributed by atoms with Gasteiger partial charge < -0.3 is 9.57 Å². The van der Waals surface area contributed by atoms with Gasteiger partial charge in [0.25, 0.3) is 5.91 Å². The zero-order chi connectivity index (χ0) is 19.8. The molecule has 3 rings (SSSR count). The van der Waals surface area contributed by atoms with Crippen LogP contribution in [0.3, 0.4) is 0 Å². The van der Waals surface area contributed by atoms with E-state index in [4.69, 9.17) is 9.57 Å². The Morgan fingerprint density at radius 3 is 2.21 bits per heavy atom.